The average molecular weight is 292 g/mol. The molecule has 0 N–H and O–H groups in total. The van der Waals surface area contributed by atoms with Crippen LogP contribution in [0, 0.1) is 0 Å². The predicted molar refractivity (Wildman–Crippen MR) is 77.0 cm³/mol. The smallest absolute Gasteiger partial charge is 0.254 e. The minimum Gasteiger partial charge on any atom is -0.375 e. The molecule has 3 rings (SSSR count). The van der Waals surface area contributed by atoms with E-state index >= 15 is 0 Å². The van der Waals surface area contributed by atoms with E-state index in [0.29, 0.717) is 5.13 Å². The summed E-state index contributed by atoms with van der Waals surface area (Å²) in [6.45, 7) is 0.0683. The van der Waals surface area contributed by atoms with Crippen molar-refractivity contribution < 1.29 is 9.53 Å². The molecule has 0 saturated heterocycles. The van der Waals surface area contributed by atoms with Crippen molar-refractivity contribution in [3.63, 3.8) is 0 Å². The van der Waals surface area contributed by atoms with Gasteiger partial charge in [0.15, 0.2) is 5.13 Å². The number of carbonyl (C=O) groups is 1. The Morgan fingerprint density at radius 2 is 2.35 bits per heavy atom. The molecule has 1 aliphatic carbocycles. The number of aromatic nitrogens is 3. The summed E-state index contributed by atoms with van der Waals surface area (Å²) < 4.78 is 6.78. The van der Waals surface area contributed by atoms with E-state index < -0.39 is 0 Å². The molecule has 106 valence electrons. The molecule has 2 aromatic heterocycles. The molecule has 0 fully saturated rings. The molecule has 0 unspecified atom stereocenters. The van der Waals surface area contributed by atoms with Crippen LogP contribution in [0.2, 0.25) is 0 Å². The minimum absolute atomic E-state index is 0.0683. The summed E-state index contributed by atoms with van der Waals surface area (Å²) in [5, 5.41) is 5.01. The second kappa shape index (κ2) is 4.99. The number of ether oxygens (including phenoxy) is 1. The molecule has 0 saturated carbocycles. The Morgan fingerprint density at radius 3 is 3.10 bits per heavy atom. The number of methoxy groups -OCH3 is 1. The summed E-state index contributed by atoms with van der Waals surface area (Å²) in [7, 11) is 5.20. The summed E-state index contributed by atoms with van der Waals surface area (Å²) in [5.41, 5.74) is 3.26. The van der Waals surface area contributed by atoms with Gasteiger partial charge >= 0.3 is 0 Å². The van der Waals surface area contributed by atoms with Gasteiger partial charge in [-0.3, -0.25) is 14.4 Å². The molecule has 0 aromatic carbocycles. The van der Waals surface area contributed by atoms with Gasteiger partial charge in [-0.2, -0.15) is 5.10 Å². The van der Waals surface area contributed by atoms with E-state index in [1.54, 1.807) is 23.3 Å². The number of amides is 1. The third-order valence-corrected chi connectivity index (χ3v) is 4.71. The number of hydrogen-bond acceptors (Lipinski definition) is 5. The molecule has 0 aliphatic heterocycles. The average Bonchev–Trinajstić information content (AvgIpc) is 3.01. The maximum Gasteiger partial charge on any atom is 0.254 e. The van der Waals surface area contributed by atoms with E-state index in [4.69, 9.17) is 4.74 Å². The number of rotatable bonds is 3. The largest absolute Gasteiger partial charge is 0.375 e. The fourth-order valence-electron chi connectivity index (χ4n) is 2.38. The lowest BCUT2D eigenvalue weighted by atomic mass is 10.0. The molecule has 0 atom stereocenters. The molecule has 7 heteroatoms. The van der Waals surface area contributed by atoms with Crippen molar-refractivity contribution in [3.05, 3.63) is 16.8 Å². The van der Waals surface area contributed by atoms with Crippen LogP contribution in [-0.2, 0) is 29.4 Å². The monoisotopic (exact) mass is 292 g/mol. The Hall–Kier alpha value is -1.73. The van der Waals surface area contributed by atoms with Crippen LogP contribution in [0.4, 0.5) is 5.13 Å². The van der Waals surface area contributed by atoms with Crippen molar-refractivity contribution in [1.82, 2.24) is 14.8 Å². The van der Waals surface area contributed by atoms with Gasteiger partial charge in [0.25, 0.3) is 5.91 Å². The molecular formula is C13H16N4O2S. The van der Waals surface area contributed by atoms with Gasteiger partial charge in [-0.1, -0.05) is 0 Å². The van der Waals surface area contributed by atoms with Crippen LogP contribution >= 0.6 is 11.3 Å². The van der Waals surface area contributed by atoms with Gasteiger partial charge in [-0.25, -0.2) is 4.98 Å². The highest BCUT2D eigenvalue weighted by atomic mass is 32.1. The number of fused-ring (bicyclic) bond motifs is 3. The molecule has 0 spiro atoms. The molecule has 2 heterocycles. The SMILES string of the molecule is COCC(=O)N(C)c1nc2c(s1)CCc1c-2cnn1C. The lowest BCUT2D eigenvalue weighted by Gasteiger charge is -2.12. The van der Waals surface area contributed by atoms with Crippen molar-refractivity contribution in [3.8, 4) is 11.3 Å². The van der Waals surface area contributed by atoms with E-state index in [-0.39, 0.29) is 12.5 Å². The Morgan fingerprint density at radius 1 is 1.55 bits per heavy atom. The van der Waals surface area contributed by atoms with Crippen molar-refractivity contribution in [2.75, 3.05) is 25.7 Å². The first kappa shape index (κ1) is 13.3. The van der Waals surface area contributed by atoms with E-state index in [0.717, 1.165) is 24.1 Å². The maximum atomic E-state index is 11.9. The normalized spacial score (nSPS) is 12.9. The zero-order chi connectivity index (χ0) is 14.3. The van der Waals surface area contributed by atoms with Crippen LogP contribution in [0.3, 0.4) is 0 Å². The second-order valence-corrected chi connectivity index (χ2v) is 5.84. The molecule has 2 aromatic rings. The first-order valence-electron chi connectivity index (χ1n) is 6.38. The number of anilines is 1. The van der Waals surface area contributed by atoms with Crippen LogP contribution in [0.1, 0.15) is 10.6 Å². The molecule has 1 aliphatic rings. The molecule has 1 amide bonds. The highest BCUT2D eigenvalue weighted by Gasteiger charge is 2.25. The third-order valence-electron chi connectivity index (χ3n) is 3.52. The zero-order valence-corrected chi connectivity index (χ0v) is 12.5. The Labute approximate surface area is 121 Å². The zero-order valence-electron chi connectivity index (χ0n) is 11.7. The first-order chi connectivity index (χ1) is 9.61. The number of hydrogen-bond donors (Lipinski definition) is 0. The van der Waals surface area contributed by atoms with Gasteiger partial charge < -0.3 is 4.74 Å². The van der Waals surface area contributed by atoms with Crippen molar-refractivity contribution in [2.24, 2.45) is 7.05 Å². The molecular weight excluding hydrogens is 276 g/mol. The lowest BCUT2D eigenvalue weighted by Crippen LogP contribution is -2.29. The van der Waals surface area contributed by atoms with E-state index in [9.17, 15) is 4.79 Å². The fourth-order valence-corrected chi connectivity index (χ4v) is 3.43. The van der Waals surface area contributed by atoms with Gasteiger partial charge in [0, 0.05) is 37.3 Å². The third kappa shape index (κ3) is 2.03. The van der Waals surface area contributed by atoms with Crippen molar-refractivity contribution >= 4 is 22.4 Å². The van der Waals surface area contributed by atoms with Gasteiger partial charge in [0.2, 0.25) is 0 Å². The molecule has 6 nitrogen and oxygen atoms in total. The Bertz CT molecular complexity index is 661. The summed E-state index contributed by atoms with van der Waals surface area (Å²) in [6, 6.07) is 0. The van der Waals surface area contributed by atoms with Gasteiger partial charge in [-0.05, 0) is 12.8 Å². The highest BCUT2D eigenvalue weighted by molar-refractivity contribution is 7.16. The molecule has 0 bridgehead atoms. The van der Waals surface area contributed by atoms with Gasteiger partial charge in [0.05, 0.1) is 11.9 Å². The standard InChI is InChI=1S/C13H16N4O2S/c1-16(11(18)7-19-3)13-15-12-8-6-14-17(2)9(8)4-5-10(12)20-13/h6H,4-5,7H2,1-3H3. The van der Waals surface area contributed by atoms with Crippen LogP contribution in [-0.4, -0.2) is 41.4 Å². The number of likely N-dealkylation sites (N-methyl/N-ethyl adjacent to an activating group) is 1. The number of aryl methyl sites for hydroxylation is 2. The van der Waals surface area contributed by atoms with Crippen LogP contribution in [0.5, 0.6) is 0 Å². The number of nitrogens with zero attached hydrogens (tertiary/aromatic N) is 4. The topological polar surface area (TPSA) is 60.2 Å². The van der Waals surface area contributed by atoms with Crippen LogP contribution < -0.4 is 4.90 Å². The van der Waals surface area contributed by atoms with E-state index in [1.165, 1.54) is 17.7 Å². The summed E-state index contributed by atoms with van der Waals surface area (Å²) in [5.74, 6) is -0.0926. The van der Waals surface area contributed by atoms with E-state index in [2.05, 4.69) is 10.1 Å². The predicted octanol–water partition coefficient (Wildman–Crippen LogP) is 1.25. The molecule has 0 radical (unpaired) electrons. The van der Waals surface area contributed by atoms with Gasteiger partial charge in [0.1, 0.15) is 6.61 Å². The van der Waals surface area contributed by atoms with Crippen LogP contribution in [0.25, 0.3) is 11.3 Å². The maximum absolute atomic E-state index is 11.9. The van der Waals surface area contributed by atoms with Crippen molar-refractivity contribution in [2.45, 2.75) is 12.8 Å². The fraction of sp³-hybridized carbons (Fsp3) is 0.462. The lowest BCUT2D eigenvalue weighted by molar-refractivity contribution is -0.121. The first-order valence-corrected chi connectivity index (χ1v) is 7.20. The summed E-state index contributed by atoms with van der Waals surface area (Å²) in [4.78, 5) is 19.3. The number of carbonyl (C=O) groups excluding carboxylic acids is 1. The van der Waals surface area contributed by atoms with Crippen molar-refractivity contribution in [1.29, 1.82) is 0 Å². The Kier molecular flexibility index (Phi) is 3.31. The highest BCUT2D eigenvalue weighted by Crippen LogP contribution is 2.38. The summed E-state index contributed by atoms with van der Waals surface area (Å²) in [6.07, 6.45) is 3.77. The quantitative estimate of drug-likeness (QED) is 0.854. The van der Waals surface area contributed by atoms with Gasteiger partial charge in [-0.15, -0.1) is 11.3 Å². The molecule has 20 heavy (non-hydrogen) atoms. The summed E-state index contributed by atoms with van der Waals surface area (Å²) >= 11 is 1.57. The minimum atomic E-state index is -0.0926. The second-order valence-electron chi connectivity index (χ2n) is 4.78. The van der Waals surface area contributed by atoms with Crippen LogP contribution in [0.15, 0.2) is 6.20 Å². The Balaban J connectivity index is 1.96. The number of thiazole rings is 1. The van der Waals surface area contributed by atoms with E-state index in [1.807, 2.05) is 17.9 Å².